The Bertz CT molecular complexity index is 889. The second kappa shape index (κ2) is 9.54. The van der Waals surface area contributed by atoms with Gasteiger partial charge in [0, 0.05) is 31.9 Å². The third-order valence-corrected chi connectivity index (χ3v) is 5.31. The van der Waals surface area contributed by atoms with Gasteiger partial charge in [0.15, 0.2) is 11.8 Å². The Labute approximate surface area is 176 Å². The Morgan fingerprint density at radius 2 is 1.60 bits per heavy atom. The number of amides is 2. The van der Waals surface area contributed by atoms with Crippen LogP contribution in [-0.2, 0) is 9.59 Å². The number of benzene rings is 2. The highest BCUT2D eigenvalue weighted by Gasteiger charge is 2.32. The van der Waals surface area contributed by atoms with Crippen LogP contribution in [0.5, 0.6) is 0 Å². The van der Waals surface area contributed by atoms with Gasteiger partial charge < -0.3 is 20.6 Å². The summed E-state index contributed by atoms with van der Waals surface area (Å²) in [5.41, 5.74) is 3.42. The van der Waals surface area contributed by atoms with Gasteiger partial charge in [-0.2, -0.15) is 0 Å². The number of carbonyl (C=O) groups is 3. The van der Waals surface area contributed by atoms with Crippen molar-refractivity contribution in [2.24, 2.45) is 5.92 Å². The van der Waals surface area contributed by atoms with Gasteiger partial charge in [-0.3, -0.25) is 14.4 Å². The van der Waals surface area contributed by atoms with Crippen LogP contribution in [0.2, 0.25) is 0 Å². The molecule has 0 spiro atoms. The molecule has 7 nitrogen and oxygen atoms in total. The lowest BCUT2D eigenvalue weighted by Crippen LogP contribution is -2.52. The molecule has 0 bridgehead atoms. The van der Waals surface area contributed by atoms with E-state index in [4.69, 9.17) is 5.11 Å². The average Bonchev–Trinajstić information content (AvgIpc) is 3.62. The molecule has 1 fully saturated rings. The molecule has 2 amide bonds. The number of anilines is 1. The Morgan fingerprint density at radius 1 is 1.03 bits per heavy atom. The van der Waals surface area contributed by atoms with Crippen LogP contribution in [-0.4, -0.2) is 60.9 Å². The van der Waals surface area contributed by atoms with E-state index in [1.165, 1.54) is 26.9 Å². The minimum absolute atomic E-state index is 0.351. The predicted octanol–water partition coefficient (Wildman–Crippen LogP) is 1.92. The number of carbonyl (C=O) groups excluding carboxylic acids is 3. The molecular formula is C23H27N3O4. The van der Waals surface area contributed by atoms with Crippen LogP contribution in [0.3, 0.4) is 0 Å². The summed E-state index contributed by atoms with van der Waals surface area (Å²) in [4.78, 5) is 37.7. The van der Waals surface area contributed by atoms with Crippen LogP contribution in [0, 0.1) is 5.92 Å². The highest BCUT2D eigenvalue weighted by Crippen LogP contribution is 2.29. The van der Waals surface area contributed by atoms with Gasteiger partial charge in [0.1, 0.15) is 6.61 Å². The van der Waals surface area contributed by atoms with E-state index in [0.717, 1.165) is 34.2 Å². The molecule has 3 N–H and O–H groups in total. The highest BCUT2D eigenvalue weighted by atomic mass is 16.3. The van der Waals surface area contributed by atoms with Crippen molar-refractivity contribution in [2.45, 2.75) is 18.9 Å². The molecule has 30 heavy (non-hydrogen) atoms. The van der Waals surface area contributed by atoms with Gasteiger partial charge in [-0.25, -0.2) is 0 Å². The highest BCUT2D eigenvalue weighted by molar-refractivity contribution is 6.10. The van der Waals surface area contributed by atoms with Crippen molar-refractivity contribution in [3.63, 3.8) is 0 Å². The predicted molar refractivity (Wildman–Crippen MR) is 115 cm³/mol. The molecule has 0 aromatic heterocycles. The number of ketones is 1. The second-order valence-corrected chi connectivity index (χ2v) is 7.54. The first-order valence-corrected chi connectivity index (χ1v) is 10.0. The maximum Gasteiger partial charge on any atom is 0.254 e. The van der Waals surface area contributed by atoms with E-state index < -0.39 is 30.2 Å². The summed E-state index contributed by atoms with van der Waals surface area (Å²) in [5, 5.41) is 14.9. The normalized spacial score (nSPS) is 14.0. The zero-order valence-corrected chi connectivity index (χ0v) is 17.2. The third-order valence-electron chi connectivity index (χ3n) is 5.31. The van der Waals surface area contributed by atoms with E-state index in [-0.39, 0.29) is 0 Å². The van der Waals surface area contributed by atoms with E-state index in [9.17, 15) is 14.4 Å². The second-order valence-electron chi connectivity index (χ2n) is 7.54. The molecule has 0 saturated heterocycles. The number of rotatable bonds is 9. The number of nitrogens with one attached hydrogen (secondary N) is 2. The van der Waals surface area contributed by atoms with Gasteiger partial charge >= 0.3 is 0 Å². The topological polar surface area (TPSA) is 98.7 Å². The average molecular weight is 409 g/mol. The van der Waals surface area contributed by atoms with E-state index in [1.54, 1.807) is 12.1 Å². The van der Waals surface area contributed by atoms with Gasteiger partial charge in [-0.05, 0) is 54.2 Å². The largest absolute Gasteiger partial charge is 0.388 e. The molecule has 0 heterocycles. The van der Waals surface area contributed by atoms with E-state index in [2.05, 4.69) is 10.6 Å². The number of likely N-dealkylation sites (N-methyl/N-ethyl adjacent to an activating group) is 2. The van der Waals surface area contributed by atoms with Crippen LogP contribution in [0.15, 0.2) is 48.5 Å². The van der Waals surface area contributed by atoms with Crippen molar-refractivity contribution >= 4 is 23.3 Å². The lowest BCUT2D eigenvalue weighted by atomic mass is 10.0. The summed E-state index contributed by atoms with van der Waals surface area (Å²) in [6.07, 6.45) is 2.62. The summed E-state index contributed by atoms with van der Waals surface area (Å²) >= 11 is 0. The molecule has 1 unspecified atom stereocenters. The maximum absolute atomic E-state index is 12.8. The smallest absolute Gasteiger partial charge is 0.254 e. The van der Waals surface area contributed by atoms with Crippen molar-refractivity contribution in [3.05, 3.63) is 54.1 Å². The Balaban J connectivity index is 1.69. The van der Waals surface area contributed by atoms with E-state index in [1.807, 2.05) is 36.4 Å². The summed E-state index contributed by atoms with van der Waals surface area (Å²) in [7, 11) is 2.75. The first-order valence-electron chi connectivity index (χ1n) is 10.0. The van der Waals surface area contributed by atoms with Crippen LogP contribution in [0.4, 0.5) is 5.69 Å². The Hall–Kier alpha value is -3.19. The van der Waals surface area contributed by atoms with Crippen molar-refractivity contribution in [1.29, 1.82) is 0 Å². The fourth-order valence-electron chi connectivity index (χ4n) is 3.25. The van der Waals surface area contributed by atoms with Gasteiger partial charge in [0.05, 0.1) is 0 Å². The number of aliphatic hydroxyl groups is 1. The minimum atomic E-state index is -1.37. The fraction of sp³-hybridized carbons (Fsp3) is 0.348. The quantitative estimate of drug-likeness (QED) is 0.550. The number of nitrogens with zero attached hydrogens (tertiary/aromatic N) is 1. The lowest BCUT2D eigenvalue weighted by molar-refractivity contribution is -0.135. The summed E-state index contributed by atoms with van der Waals surface area (Å²) in [6.45, 7) is 0.194. The van der Waals surface area contributed by atoms with Crippen LogP contribution >= 0.6 is 0 Å². The molecule has 0 radical (unpaired) electrons. The van der Waals surface area contributed by atoms with Crippen molar-refractivity contribution in [2.75, 3.05) is 32.6 Å². The van der Waals surface area contributed by atoms with Crippen LogP contribution in [0.25, 0.3) is 11.1 Å². The van der Waals surface area contributed by atoms with Crippen molar-refractivity contribution < 1.29 is 19.5 Å². The van der Waals surface area contributed by atoms with E-state index >= 15 is 0 Å². The standard InChI is InChI=1S/C23H27N3O4/c1-24-22(29)21(20(28)14-27)26(2)23(30)18-7-5-16(6-8-18)17-9-11-19(12-10-17)25-13-15-3-4-15/h5-12,15,21,25,27H,3-4,13-14H2,1-2H3,(H,24,29). The van der Waals surface area contributed by atoms with E-state index in [0.29, 0.717) is 5.56 Å². The molecule has 1 atom stereocenters. The van der Waals surface area contributed by atoms with Gasteiger partial charge in [-0.1, -0.05) is 24.3 Å². The molecular weight excluding hydrogens is 382 g/mol. The fourth-order valence-corrected chi connectivity index (χ4v) is 3.25. The summed E-state index contributed by atoms with van der Waals surface area (Å²) in [6, 6.07) is 13.8. The first-order chi connectivity index (χ1) is 14.4. The molecule has 2 aromatic carbocycles. The molecule has 1 aliphatic carbocycles. The van der Waals surface area contributed by atoms with Crippen molar-refractivity contribution in [1.82, 2.24) is 10.2 Å². The van der Waals surface area contributed by atoms with Gasteiger partial charge in [0.25, 0.3) is 5.91 Å². The molecule has 0 aliphatic heterocycles. The minimum Gasteiger partial charge on any atom is -0.388 e. The summed E-state index contributed by atoms with van der Waals surface area (Å²) in [5.74, 6) is -1.05. The molecule has 158 valence electrons. The Morgan fingerprint density at radius 3 is 2.10 bits per heavy atom. The van der Waals surface area contributed by atoms with Gasteiger partial charge in [0.2, 0.25) is 5.91 Å². The monoisotopic (exact) mass is 409 g/mol. The van der Waals surface area contributed by atoms with Gasteiger partial charge in [-0.15, -0.1) is 0 Å². The molecule has 2 aromatic rings. The van der Waals surface area contributed by atoms with Crippen LogP contribution < -0.4 is 10.6 Å². The van der Waals surface area contributed by atoms with Crippen molar-refractivity contribution in [3.8, 4) is 11.1 Å². The summed E-state index contributed by atoms with van der Waals surface area (Å²) < 4.78 is 0. The number of hydrogen-bond acceptors (Lipinski definition) is 5. The third kappa shape index (κ3) is 5.04. The Kier molecular flexibility index (Phi) is 6.84. The lowest BCUT2D eigenvalue weighted by Gasteiger charge is -2.25. The molecule has 3 rings (SSSR count). The number of hydrogen-bond donors (Lipinski definition) is 3. The SMILES string of the molecule is CNC(=O)C(C(=O)CO)N(C)C(=O)c1ccc(-c2ccc(NCC3CC3)cc2)cc1. The number of aliphatic hydroxyl groups excluding tert-OH is 1. The first kappa shape index (κ1) is 21.5. The zero-order valence-electron chi connectivity index (χ0n) is 17.2. The van der Waals surface area contributed by atoms with Crippen LogP contribution in [0.1, 0.15) is 23.2 Å². The maximum atomic E-state index is 12.8. The number of Topliss-reactive ketones (excluding diaryl/α,β-unsaturated/α-hetero) is 1. The zero-order chi connectivity index (χ0) is 21.7. The molecule has 1 aliphatic rings. The molecule has 7 heteroatoms. The molecule has 1 saturated carbocycles.